The molecule has 0 aliphatic heterocycles. The van der Waals surface area contributed by atoms with Gasteiger partial charge in [0, 0.05) is 13.0 Å². The van der Waals surface area contributed by atoms with Crippen LogP contribution in [0, 0.1) is 0 Å². The van der Waals surface area contributed by atoms with E-state index in [-0.39, 0.29) is 18.2 Å². The van der Waals surface area contributed by atoms with Crippen LogP contribution in [0.3, 0.4) is 0 Å². The average Bonchev–Trinajstić information content (AvgIpc) is 2.40. The van der Waals surface area contributed by atoms with Gasteiger partial charge in [-0.3, -0.25) is 4.79 Å². The minimum absolute atomic E-state index is 0.217. The fourth-order valence-corrected chi connectivity index (χ4v) is 2.55. The molecular weight excluding hydrogens is 295 g/mol. The van der Waals surface area contributed by atoms with E-state index in [1.807, 2.05) is 0 Å². The van der Waals surface area contributed by atoms with Gasteiger partial charge in [0.2, 0.25) is 15.9 Å². The number of unbranched alkanes of at least 4 members (excludes halogenated alkanes) is 1. The highest BCUT2D eigenvalue weighted by Crippen LogP contribution is 2.14. The highest BCUT2D eigenvalue weighted by Gasteiger charge is 2.17. The summed E-state index contributed by atoms with van der Waals surface area (Å²) in [7, 11) is -3.24. The van der Waals surface area contributed by atoms with E-state index in [4.69, 9.17) is 0 Å². The summed E-state index contributed by atoms with van der Waals surface area (Å²) >= 11 is 0. The Morgan fingerprint density at radius 2 is 2.14 bits per heavy atom. The normalized spacial score (nSPS) is 18.7. The molecule has 0 heterocycles. The smallest absolute Gasteiger partial charge is 0.220 e. The molecule has 2 N–H and O–H groups in total. The number of allylic oxidation sites excluding steroid dienone is 2. The van der Waals surface area contributed by atoms with Crippen LogP contribution in [0.2, 0.25) is 0 Å². The van der Waals surface area contributed by atoms with Crippen molar-refractivity contribution in [1.82, 2.24) is 10.0 Å². The van der Waals surface area contributed by atoms with E-state index < -0.39 is 21.3 Å². The van der Waals surface area contributed by atoms with Crippen LogP contribution in [0.15, 0.2) is 24.1 Å². The van der Waals surface area contributed by atoms with Gasteiger partial charge in [0.25, 0.3) is 0 Å². The first-order valence-electron chi connectivity index (χ1n) is 7.13. The number of sulfonamides is 1. The van der Waals surface area contributed by atoms with E-state index in [1.165, 1.54) is 6.08 Å². The van der Waals surface area contributed by atoms with Crippen LogP contribution >= 0.6 is 0 Å². The van der Waals surface area contributed by atoms with Crippen LogP contribution in [0.4, 0.5) is 4.39 Å². The Kier molecular flexibility index (Phi) is 7.04. The Morgan fingerprint density at radius 3 is 2.76 bits per heavy atom. The van der Waals surface area contributed by atoms with Gasteiger partial charge in [0.15, 0.2) is 0 Å². The first-order chi connectivity index (χ1) is 9.83. The highest BCUT2D eigenvalue weighted by molar-refractivity contribution is 7.90. The van der Waals surface area contributed by atoms with Crippen LogP contribution in [0.1, 0.15) is 39.5 Å². The third kappa shape index (κ3) is 6.39. The number of hydrogen-bond donors (Lipinski definition) is 2. The summed E-state index contributed by atoms with van der Waals surface area (Å²) in [6, 6.07) is -0.568. The third-order valence-corrected chi connectivity index (χ3v) is 5.03. The molecule has 1 amide bonds. The molecule has 120 valence electrons. The minimum atomic E-state index is -3.24. The van der Waals surface area contributed by atoms with E-state index in [2.05, 4.69) is 10.0 Å². The van der Waals surface area contributed by atoms with Gasteiger partial charge in [-0.1, -0.05) is 12.2 Å². The van der Waals surface area contributed by atoms with Crippen LogP contribution in [-0.2, 0) is 14.8 Å². The Labute approximate surface area is 125 Å². The molecule has 0 radical (unpaired) electrons. The van der Waals surface area contributed by atoms with Crippen molar-refractivity contribution >= 4 is 15.9 Å². The van der Waals surface area contributed by atoms with E-state index in [0.717, 1.165) is 0 Å². The van der Waals surface area contributed by atoms with Crippen molar-refractivity contribution in [1.29, 1.82) is 0 Å². The number of carbonyl (C=O) groups excluding carboxylic acids is 1. The molecule has 0 aromatic carbocycles. The average molecular weight is 318 g/mol. The molecule has 7 heteroatoms. The lowest BCUT2D eigenvalue weighted by Crippen LogP contribution is -2.35. The molecule has 21 heavy (non-hydrogen) atoms. The molecule has 0 saturated carbocycles. The fraction of sp³-hybridized carbons (Fsp3) is 0.643. The predicted molar refractivity (Wildman–Crippen MR) is 80.8 cm³/mol. The second-order valence-corrected chi connectivity index (χ2v) is 7.60. The molecule has 1 rings (SSSR count). The Balaban J connectivity index is 2.17. The molecule has 1 atom stereocenters. The Morgan fingerprint density at radius 1 is 1.43 bits per heavy atom. The number of rotatable bonds is 8. The van der Waals surface area contributed by atoms with Gasteiger partial charge in [0.05, 0.1) is 11.3 Å². The molecule has 5 nitrogen and oxygen atoms in total. The lowest BCUT2D eigenvalue weighted by Gasteiger charge is -2.17. The minimum Gasteiger partial charge on any atom is -0.347 e. The SMILES string of the molecule is CC(C)S(=O)(=O)NCCCCC(=O)NC1CC=CC=C1F. The van der Waals surface area contributed by atoms with Gasteiger partial charge < -0.3 is 5.32 Å². The zero-order valence-electron chi connectivity index (χ0n) is 12.4. The highest BCUT2D eigenvalue weighted by atomic mass is 32.2. The topological polar surface area (TPSA) is 75.3 Å². The van der Waals surface area contributed by atoms with Gasteiger partial charge in [0.1, 0.15) is 5.83 Å². The molecule has 1 aliphatic carbocycles. The van der Waals surface area contributed by atoms with Crippen molar-refractivity contribution < 1.29 is 17.6 Å². The van der Waals surface area contributed by atoms with E-state index >= 15 is 0 Å². The number of amides is 1. The van der Waals surface area contributed by atoms with Crippen LogP contribution in [0.5, 0.6) is 0 Å². The lowest BCUT2D eigenvalue weighted by atomic mass is 10.1. The molecule has 1 aliphatic rings. The largest absolute Gasteiger partial charge is 0.347 e. The summed E-state index contributed by atoms with van der Waals surface area (Å²) in [5.41, 5.74) is 0. The molecule has 0 saturated heterocycles. The van der Waals surface area contributed by atoms with Gasteiger partial charge in [-0.05, 0) is 39.2 Å². The van der Waals surface area contributed by atoms with Gasteiger partial charge in [-0.2, -0.15) is 0 Å². The summed E-state index contributed by atoms with van der Waals surface area (Å²) in [4.78, 5) is 11.7. The molecule has 0 aromatic rings. The van der Waals surface area contributed by atoms with E-state index in [9.17, 15) is 17.6 Å². The van der Waals surface area contributed by atoms with Crippen molar-refractivity contribution in [2.24, 2.45) is 0 Å². The monoisotopic (exact) mass is 318 g/mol. The maximum Gasteiger partial charge on any atom is 0.220 e. The number of nitrogens with one attached hydrogen (secondary N) is 2. The van der Waals surface area contributed by atoms with E-state index in [1.54, 1.807) is 26.0 Å². The number of halogens is 1. The van der Waals surface area contributed by atoms with Gasteiger partial charge >= 0.3 is 0 Å². The maximum absolute atomic E-state index is 13.4. The Hall–Kier alpha value is -1.21. The number of hydrogen-bond acceptors (Lipinski definition) is 3. The van der Waals surface area contributed by atoms with Crippen LogP contribution in [0.25, 0.3) is 0 Å². The molecular formula is C14H23FN2O3S. The summed E-state index contributed by atoms with van der Waals surface area (Å²) in [6.07, 6.45) is 6.62. The van der Waals surface area contributed by atoms with Crippen molar-refractivity contribution in [2.75, 3.05) is 6.54 Å². The second-order valence-electron chi connectivity index (χ2n) is 5.28. The zero-order valence-corrected chi connectivity index (χ0v) is 13.2. The van der Waals surface area contributed by atoms with Crippen molar-refractivity contribution in [3.05, 3.63) is 24.1 Å². The standard InChI is InChI=1S/C14H23FN2O3S/c1-11(2)21(19,20)16-10-6-5-9-14(18)17-13-8-4-3-7-12(13)15/h3-4,7,11,13,16H,5-6,8-10H2,1-2H3,(H,17,18). The molecule has 1 unspecified atom stereocenters. The van der Waals surface area contributed by atoms with Crippen molar-refractivity contribution in [2.45, 2.75) is 50.8 Å². The van der Waals surface area contributed by atoms with Crippen molar-refractivity contribution in [3.8, 4) is 0 Å². The summed E-state index contributed by atoms with van der Waals surface area (Å²) in [6.45, 7) is 3.53. The molecule has 0 spiro atoms. The van der Waals surface area contributed by atoms with Gasteiger partial charge in [-0.25, -0.2) is 17.5 Å². The summed E-state index contributed by atoms with van der Waals surface area (Å²) < 4.78 is 38.8. The van der Waals surface area contributed by atoms with Crippen molar-refractivity contribution in [3.63, 3.8) is 0 Å². The van der Waals surface area contributed by atoms with Gasteiger partial charge in [-0.15, -0.1) is 0 Å². The lowest BCUT2D eigenvalue weighted by molar-refractivity contribution is -0.121. The molecule has 0 bridgehead atoms. The summed E-state index contributed by atoms with van der Waals surface area (Å²) in [5.74, 6) is -0.555. The first-order valence-corrected chi connectivity index (χ1v) is 8.67. The predicted octanol–water partition coefficient (Wildman–Crippen LogP) is 1.78. The van der Waals surface area contributed by atoms with Crippen LogP contribution < -0.4 is 10.0 Å². The second kappa shape index (κ2) is 8.29. The molecule has 0 aromatic heterocycles. The Bertz CT molecular complexity index is 512. The first kappa shape index (κ1) is 17.8. The molecule has 0 fully saturated rings. The van der Waals surface area contributed by atoms with Crippen LogP contribution in [-0.4, -0.2) is 32.2 Å². The quantitative estimate of drug-likeness (QED) is 0.670. The third-order valence-electron chi connectivity index (χ3n) is 3.19. The van der Waals surface area contributed by atoms with E-state index in [0.29, 0.717) is 25.8 Å². The zero-order chi connectivity index (χ0) is 15.9. The number of carbonyl (C=O) groups is 1. The summed E-state index contributed by atoms with van der Waals surface area (Å²) in [5, 5.41) is 2.16. The maximum atomic E-state index is 13.4. The fourth-order valence-electron chi connectivity index (χ4n) is 1.79.